The summed E-state index contributed by atoms with van der Waals surface area (Å²) in [6.45, 7) is 2.16. The van der Waals surface area contributed by atoms with Gasteiger partial charge in [0.05, 0.1) is 11.4 Å². The zero-order valence-corrected chi connectivity index (χ0v) is 10.9. The van der Waals surface area contributed by atoms with Crippen molar-refractivity contribution in [1.29, 1.82) is 0 Å². The van der Waals surface area contributed by atoms with Crippen molar-refractivity contribution in [3.05, 3.63) is 23.8 Å². The average Bonchev–Trinajstić information content (AvgIpc) is 2.35. The van der Waals surface area contributed by atoms with Crippen LogP contribution in [0.2, 0.25) is 0 Å². The Morgan fingerprint density at radius 1 is 1.22 bits per heavy atom. The van der Waals surface area contributed by atoms with Crippen LogP contribution >= 0.6 is 0 Å². The molecule has 1 saturated carbocycles. The molecule has 2 N–H and O–H groups in total. The third kappa shape index (κ3) is 2.28. The van der Waals surface area contributed by atoms with Crippen LogP contribution in [0.5, 0.6) is 0 Å². The van der Waals surface area contributed by atoms with E-state index in [9.17, 15) is 8.78 Å². The molecule has 0 aliphatic heterocycles. The van der Waals surface area contributed by atoms with E-state index in [1.54, 1.807) is 7.05 Å². The van der Waals surface area contributed by atoms with E-state index in [0.29, 0.717) is 11.6 Å². The largest absolute Gasteiger partial charge is 0.397 e. The quantitative estimate of drug-likeness (QED) is 0.818. The first-order valence-electron chi connectivity index (χ1n) is 6.48. The molecular formula is C14H20F2N2. The molecule has 0 spiro atoms. The zero-order chi connectivity index (χ0) is 13.3. The predicted octanol–water partition coefficient (Wildman–Crippen LogP) is 3.56. The highest BCUT2D eigenvalue weighted by atomic mass is 19.2. The molecule has 2 nitrogen and oxygen atoms in total. The average molecular weight is 254 g/mol. The predicted molar refractivity (Wildman–Crippen MR) is 70.6 cm³/mol. The molecule has 0 amide bonds. The van der Waals surface area contributed by atoms with Gasteiger partial charge >= 0.3 is 0 Å². The van der Waals surface area contributed by atoms with Crippen molar-refractivity contribution in [2.24, 2.45) is 5.92 Å². The van der Waals surface area contributed by atoms with E-state index in [0.717, 1.165) is 25.3 Å². The first-order valence-corrected chi connectivity index (χ1v) is 6.48. The first-order chi connectivity index (χ1) is 8.52. The topological polar surface area (TPSA) is 29.3 Å². The van der Waals surface area contributed by atoms with Crippen LogP contribution < -0.4 is 10.6 Å². The Morgan fingerprint density at radius 2 is 1.89 bits per heavy atom. The van der Waals surface area contributed by atoms with Crippen molar-refractivity contribution in [3.8, 4) is 0 Å². The smallest absolute Gasteiger partial charge is 0.184 e. The number of nitrogens with two attached hydrogens (primary N) is 1. The van der Waals surface area contributed by atoms with Gasteiger partial charge in [0.25, 0.3) is 0 Å². The van der Waals surface area contributed by atoms with Crippen LogP contribution in [0.15, 0.2) is 12.1 Å². The van der Waals surface area contributed by atoms with Gasteiger partial charge in [0.1, 0.15) is 0 Å². The lowest BCUT2D eigenvalue weighted by Crippen LogP contribution is -2.39. The summed E-state index contributed by atoms with van der Waals surface area (Å²) in [6, 6.07) is 2.74. The van der Waals surface area contributed by atoms with E-state index in [2.05, 4.69) is 6.92 Å². The Hall–Kier alpha value is -1.32. The minimum Gasteiger partial charge on any atom is -0.397 e. The second kappa shape index (κ2) is 5.12. The minimum atomic E-state index is -0.838. The molecule has 1 aliphatic carbocycles. The molecule has 1 fully saturated rings. The van der Waals surface area contributed by atoms with E-state index in [4.69, 9.17) is 5.73 Å². The van der Waals surface area contributed by atoms with E-state index in [-0.39, 0.29) is 11.7 Å². The van der Waals surface area contributed by atoms with Gasteiger partial charge < -0.3 is 10.6 Å². The molecule has 100 valence electrons. The molecule has 0 saturated heterocycles. The van der Waals surface area contributed by atoms with Crippen LogP contribution in [0, 0.1) is 17.6 Å². The van der Waals surface area contributed by atoms with Crippen molar-refractivity contribution in [3.63, 3.8) is 0 Å². The number of hydrogen-bond donors (Lipinski definition) is 1. The molecule has 4 heteroatoms. The van der Waals surface area contributed by atoms with Crippen molar-refractivity contribution < 1.29 is 8.78 Å². The van der Waals surface area contributed by atoms with Crippen LogP contribution in [0.3, 0.4) is 0 Å². The first kappa shape index (κ1) is 13.1. The number of nitrogen functional groups attached to an aromatic ring is 1. The molecule has 0 heterocycles. The maximum atomic E-state index is 13.9. The SMILES string of the molecule is CC1CCCCC1N(C)c1c(N)ccc(F)c1F. The number of rotatable bonds is 2. The molecule has 2 unspecified atom stereocenters. The highest BCUT2D eigenvalue weighted by Gasteiger charge is 2.28. The summed E-state index contributed by atoms with van der Waals surface area (Å²) in [7, 11) is 1.81. The van der Waals surface area contributed by atoms with Gasteiger partial charge in [-0.05, 0) is 30.9 Å². The maximum Gasteiger partial charge on any atom is 0.184 e. The molecule has 2 rings (SSSR count). The summed E-state index contributed by atoms with van der Waals surface area (Å²) in [5.74, 6) is -1.20. The fourth-order valence-corrected chi connectivity index (χ4v) is 2.95. The zero-order valence-electron chi connectivity index (χ0n) is 10.9. The summed E-state index contributed by atoms with van der Waals surface area (Å²) < 4.78 is 27.2. The molecular weight excluding hydrogens is 234 g/mol. The summed E-state index contributed by atoms with van der Waals surface area (Å²) in [5.41, 5.74) is 6.30. The van der Waals surface area contributed by atoms with E-state index >= 15 is 0 Å². The van der Waals surface area contributed by atoms with Gasteiger partial charge in [0.2, 0.25) is 0 Å². The van der Waals surface area contributed by atoms with Gasteiger partial charge in [-0.1, -0.05) is 19.8 Å². The van der Waals surface area contributed by atoms with E-state index < -0.39 is 11.6 Å². The van der Waals surface area contributed by atoms with Gasteiger partial charge in [-0.2, -0.15) is 0 Å². The van der Waals surface area contributed by atoms with Crippen molar-refractivity contribution in [2.75, 3.05) is 17.7 Å². The van der Waals surface area contributed by atoms with Crippen LogP contribution in [0.25, 0.3) is 0 Å². The van der Waals surface area contributed by atoms with Crippen LogP contribution in [0.4, 0.5) is 20.2 Å². The normalized spacial score (nSPS) is 24.0. The summed E-state index contributed by atoms with van der Waals surface area (Å²) in [5, 5.41) is 0. The molecule has 0 bridgehead atoms. The molecule has 0 aromatic heterocycles. The van der Waals surface area contributed by atoms with Crippen molar-refractivity contribution >= 4 is 11.4 Å². The monoisotopic (exact) mass is 254 g/mol. The lowest BCUT2D eigenvalue weighted by Gasteiger charge is -2.38. The van der Waals surface area contributed by atoms with Gasteiger partial charge in [0.15, 0.2) is 11.6 Å². The maximum absolute atomic E-state index is 13.9. The van der Waals surface area contributed by atoms with Gasteiger partial charge in [-0.25, -0.2) is 8.78 Å². The number of hydrogen-bond acceptors (Lipinski definition) is 2. The molecule has 18 heavy (non-hydrogen) atoms. The fraction of sp³-hybridized carbons (Fsp3) is 0.571. The second-order valence-corrected chi connectivity index (χ2v) is 5.24. The van der Waals surface area contributed by atoms with Crippen LogP contribution in [-0.4, -0.2) is 13.1 Å². The summed E-state index contributed by atoms with van der Waals surface area (Å²) >= 11 is 0. The Kier molecular flexibility index (Phi) is 3.73. The molecule has 1 aromatic carbocycles. The number of nitrogens with zero attached hydrogens (tertiary/aromatic N) is 1. The number of anilines is 2. The molecule has 2 atom stereocenters. The van der Waals surface area contributed by atoms with Gasteiger partial charge in [0, 0.05) is 13.1 Å². The van der Waals surface area contributed by atoms with Crippen LogP contribution in [0.1, 0.15) is 32.6 Å². The van der Waals surface area contributed by atoms with Crippen LogP contribution in [-0.2, 0) is 0 Å². The Bertz CT molecular complexity index is 434. The number of halogens is 2. The molecule has 1 aliphatic rings. The Balaban J connectivity index is 2.33. The molecule has 1 aromatic rings. The fourth-order valence-electron chi connectivity index (χ4n) is 2.95. The van der Waals surface area contributed by atoms with Gasteiger partial charge in [-0.15, -0.1) is 0 Å². The van der Waals surface area contributed by atoms with Crippen molar-refractivity contribution in [1.82, 2.24) is 0 Å². The third-order valence-corrected chi connectivity index (χ3v) is 4.02. The highest BCUT2D eigenvalue weighted by molar-refractivity contribution is 5.68. The molecule has 0 radical (unpaired) electrons. The Labute approximate surface area is 107 Å². The lowest BCUT2D eigenvalue weighted by atomic mass is 9.85. The van der Waals surface area contributed by atoms with Gasteiger partial charge in [-0.3, -0.25) is 0 Å². The summed E-state index contributed by atoms with van der Waals surface area (Å²) in [6.07, 6.45) is 4.49. The lowest BCUT2D eigenvalue weighted by molar-refractivity contribution is 0.319. The van der Waals surface area contributed by atoms with Crippen molar-refractivity contribution in [2.45, 2.75) is 38.6 Å². The third-order valence-electron chi connectivity index (χ3n) is 4.02. The highest BCUT2D eigenvalue weighted by Crippen LogP contribution is 2.35. The van der Waals surface area contributed by atoms with E-state index in [1.807, 2.05) is 4.90 Å². The second-order valence-electron chi connectivity index (χ2n) is 5.24. The minimum absolute atomic E-state index is 0.203. The summed E-state index contributed by atoms with van der Waals surface area (Å²) in [4.78, 5) is 1.82. The number of benzene rings is 1. The van der Waals surface area contributed by atoms with E-state index in [1.165, 1.54) is 12.5 Å². The standard InChI is InChI=1S/C14H20F2N2/c1-9-5-3-4-6-12(9)18(2)14-11(17)8-7-10(15)13(14)16/h7-9,12H,3-6,17H2,1-2H3. The Morgan fingerprint density at radius 3 is 2.56 bits per heavy atom.